The fourth-order valence-corrected chi connectivity index (χ4v) is 5.13. The lowest BCUT2D eigenvalue weighted by Gasteiger charge is -2.27. The van der Waals surface area contributed by atoms with E-state index in [1.54, 1.807) is 24.3 Å². The number of nitrogens with zero attached hydrogens (tertiary/aromatic N) is 3. The number of halogens is 2. The van der Waals surface area contributed by atoms with Crippen LogP contribution < -0.4 is 11.0 Å². The van der Waals surface area contributed by atoms with Crippen molar-refractivity contribution in [3.05, 3.63) is 105 Å². The second kappa shape index (κ2) is 10.8. The molecular formula is C29H29F2N5O3. The van der Waals surface area contributed by atoms with Crippen molar-refractivity contribution in [2.45, 2.75) is 50.9 Å². The van der Waals surface area contributed by atoms with Crippen molar-refractivity contribution >= 4 is 17.5 Å². The summed E-state index contributed by atoms with van der Waals surface area (Å²) in [5.74, 6) is -1.36. The van der Waals surface area contributed by atoms with Gasteiger partial charge in [0.1, 0.15) is 18.0 Å². The first-order chi connectivity index (χ1) is 18.7. The molecule has 3 heterocycles. The highest BCUT2D eigenvalue weighted by Crippen LogP contribution is 2.28. The van der Waals surface area contributed by atoms with Crippen molar-refractivity contribution in [1.82, 2.24) is 24.8 Å². The molecule has 1 aliphatic heterocycles. The van der Waals surface area contributed by atoms with Gasteiger partial charge in [-0.05, 0) is 34.7 Å². The molecule has 5 rings (SSSR count). The van der Waals surface area contributed by atoms with Gasteiger partial charge in [0.15, 0.2) is 5.65 Å². The third-order valence-corrected chi connectivity index (χ3v) is 7.14. The van der Waals surface area contributed by atoms with Crippen molar-refractivity contribution in [1.29, 1.82) is 0 Å². The summed E-state index contributed by atoms with van der Waals surface area (Å²) in [6, 6.07) is 15.5. The summed E-state index contributed by atoms with van der Waals surface area (Å²) in [6.45, 7) is 3.58. The average molecular weight is 534 g/mol. The van der Waals surface area contributed by atoms with Gasteiger partial charge in [-0.3, -0.25) is 14.0 Å². The van der Waals surface area contributed by atoms with E-state index in [0.29, 0.717) is 22.3 Å². The zero-order valence-electron chi connectivity index (χ0n) is 21.6. The number of pyridine rings is 1. The van der Waals surface area contributed by atoms with Gasteiger partial charge in [0, 0.05) is 18.2 Å². The molecule has 1 fully saturated rings. The second-order valence-electron chi connectivity index (χ2n) is 10.1. The number of hydrogen-bond acceptors (Lipinski definition) is 4. The normalized spacial score (nSPS) is 18.0. The summed E-state index contributed by atoms with van der Waals surface area (Å²) in [4.78, 5) is 40.0. The van der Waals surface area contributed by atoms with E-state index in [9.17, 15) is 23.2 Å². The van der Waals surface area contributed by atoms with Crippen LogP contribution in [-0.4, -0.2) is 50.1 Å². The van der Waals surface area contributed by atoms with Gasteiger partial charge in [-0.15, -0.1) is 0 Å². The molecule has 1 saturated heterocycles. The molecule has 0 bridgehead atoms. The number of alkyl halides is 1. The largest absolute Gasteiger partial charge is 0.347 e. The number of carbonyl (C=O) groups is 2. The van der Waals surface area contributed by atoms with E-state index in [1.165, 1.54) is 21.6 Å². The topological polar surface area (TPSA) is 99.6 Å². The van der Waals surface area contributed by atoms with Gasteiger partial charge in [-0.2, -0.15) is 5.10 Å². The predicted octanol–water partition coefficient (Wildman–Crippen LogP) is 3.67. The molecule has 8 nitrogen and oxygen atoms in total. The molecule has 0 saturated carbocycles. The highest BCUT2D eigenvalue weighted by Gasteiger charge is 2.40. The van der Waals surface area contributed by atoms with Gasteiger partial charge in [-0.1, -0.05) is 62.4 Å². The van der Waals surface area contributed by atoms with Crippen molar-refractivity contribution in [2.75, 3.05) is 6.54 Å². The Morgan fingerprint density at radius 1 is 1.10 bits per heavy atom. The molecule has 202 valence electrons. The molecule has 2 amide bonds. The minimum atomic E-state index is -1.37. The monoisotopic (exact) mass is 533 g/mol. The molecule has 10 heteroatoms. The second-order valence-corrected chi connectivity index (χ2v) is 10.1. The minimum absolute atomic E-state index is 0.00527. The van der Waals surface area contributed by atoms with Gasteiger partial charge in [0.2, 0.25) is 11.8 Å². The molecule has 0 aliphatic carbocycles. The smallest absolute Gasteiger partial charge is 0.343 e. The van der Waals surface area contributed by atoms with Crippen LogP contribution in [0.1, 0.15) is 54.5 Å². The lowest BCUT2D eigenvalue weighted by Crippen LogP contribution is -2.47. The van der Waals surface area contributed by atoms with Crippen LogP contribution in [0.3, 0.4) is 0 Å². The fraction of sp³-hybridized carbons (Fsp3) is 0.310. The summed E-state index contributed by atoms with van der Waals surface area (Å²) < 4.78 is 30.8. The SMILES string of the molecule is CC(C)c1ccc(C(NC(=O)C2CC(F)CN2C(=O)Cc2cccn3c(=O)[nH]nc23)c2ccccc2)cc1F. The summed E-state index contributed by atoms with van der Waals surface area (Å²) in [5, 5.41) is 9.25. The number of aromatic nitrogens is 3. The number of likely N-dealkylation sites (tertiary alicyclic amines) is 1. The number of fused-ring (bicyclic) bond motifs is 1. The molecule has 2 aromatic carbocycles. The molecule has 0 radical (unpaired) electrons. The van der Waals surface area contributed by atoms with Crippen molar-refractivity contribution in [3.63, 3.8) is 0 Å². The van der Waals surface area contributed by atoms with E-state index in [-0.39, 0.29) is 31.1 Å². The predicted molar refractivity (Wildman–Crippen MR) is 141 cm³/mol. The van der Waals surface area contributed by atoms with Crippen molar-refractivity contribution < 1.29 is 18.4 Å². The molecule has 2 aromatic heterocycles. The van der Waals surface area contributed by atoms with Gasteiger partial charge in [0.25, 0.3) is 0 Å². The quantitative estimate of drug-likeness (QED) is 0.379. The molecule has 39 heavy (non-hydrogen) atoms. The van der Waals surface area contributed by atoms with Gasteiger partial charge < -0.3 is 10.2 Å². The Kier molecular flexibility index (Phi) is 7.28. The van der Waals surface area contributed by atoms with Crippen LogP contribution in [0.5, 0.6) is 0 Å². The Labute approximate surface area is 223 Å². The number of H-pyrrole nitrogens is 1. The van der Waals surface area contributed by atoms with Crippen molar-refractivity contribution in [2.24, 2.45) is 0 Å². The van der Waals surface area contributed by atoms with Crippen LogP contribution in [0.4, 0.5) is 8.78 Å². The van der Waals surface area contributed by atoms with Crippen LogP contribution in [0.2, 0.25) is 0 Å². The Bertz CT molecular complexity index is 1570. The number of amides is 2. The standard InChI is InChI=1S/C29H29F2N5O3/c1-17(2)22-11-10-19(13-23(22)31)26(18-7-4-3-5-8-18)32-28(38)24-15-21(30)16-36(24)25(37)14-20-9-6-12-35-27(20)33-34-29(35)39/h3-13,17,21,24,26H,14-16H2,1-2H3,(H,32,38)(H,34,39). The maximum atomic E-state index is 14.9. The minimum Gasteiger partial charge on any atom is -0.343 e. The third kappa shape index (κ3) is 5.32. The van der Waals surface area contributed by atoms with E-state index in [1.807, 2.05) is 44.2 Å². The molecular weight excluding hydrogens is 504 g/mol. The molecule has 0 spiro atoms. The Balaban J connectivity index is 1.40. The van der Waals surface area contributed by atoms with Crippen LogP contribution in [0.25, 0.3) is 5.65 Å². The van der Waals surface area contributed by atoms with Crippen molar-refractivity contribution in [3.8, 4) is 0 Å². The van der Waals surface area contributed by atoms with E-state index in [2.05, 4.69) is 15.5 Å². The fourth-order valence-electron chi connectivity index (χ4n) is 5.13. The molecule has 3 atom stereocenters. The first-order valence-electron chi connectivity index (χ1n) is 12.9. The van der Waals surface area contributed by atoms with Crippen LogP contribution >= 0.6 is 0 Å². The summed E-state index contributed by atoms with van der Waals surface area (Å²) in [7, 11) is 0. The highest BCUT2D eigenvalue weighted by atomic mass is 19.1. The molecule has 4 aromatic rings. The van der Waals surface area contributed by atoms with Gasteiger partial charge in [0.05, 0.1) is 19.0 Å². The van der Waals surface area contributed by atoms with Crippen LogP contribution in [0.15, 0.2) is 71.7 Å². The zero-order chi connectivity index (χ0) is 27.7. The van der Waals surface area contributed by atoms with Gasteiger partial charge >= 0.3 is 5.69 Å². The molecule has 3 unspecified atom stereocenters. The Morgan fingerprint density at radius 2 is 1.87 bits per heavy atom. The molecule has 1 aliphatic rings. The number of rotatable bonds is 7. The Morgan fingerprint density at radius 3 is 2.59 bits per heavy atom. The first-order valence-corrected chi connectivity index (χ1v) is 12.9. The van der Waals surface area contributed by atoms with Crippen LogP contribution in [-0.2, 0) is 16.0 Å². The maximum absolute atomic E-state index is 14.9. The Hall–Kier alpha value is -4.34. The third-order valence-electron chi connectivity index (χ3n) is 7.14. The summed E-state index contributed by atoms with van der Waals surface area (Å²) in [5.41, 5.74) is 2.17. The average Bonchev–Trinajstić information content (AvgIpc) is 3.50. The number of nitrogens with one attached hydrogen (secondary N) is 2. The number of hydrogen-bond donors (Lipinski definition) is 2. The zero-order valence-corrected chi connectivity index (χ0v) is 21.6. The number of benzene rings is 2. The van der Waals surface area contributed by atoms with E-state index in [0.717, 1.165) is 5.56 Å². The lowest BCUT2D eigenvalue weighted by atomic mass is 9.94. The van der Waals surface area contributed by atoms with Gasteiger partial charge in [-0.25, -0.2) is 18.7 Å². The van der Waals surface area contributed by atoms with E-state index in [4.69, 9.17) is 0 Å². The first kappa shape index (κ1) is 26.3. The highest BCUT2D eigenvalue weighted by molar-refractivity contribution is 5.90. The van der Waals surface area contributed by atoms with E-state index >= 15 is 0 Å². The van der Waals surface area contributed by atoms with E-state index < -0.39 is 35.8 Å². The summed E-state index contributed by atoms with van der Waals surface area (Å²) in [6.07, 6.45) is -0.147. The van der Waals surface area contributed by atoms with Crippen LogP contribution in [0, 0.1) is 5.82 Å². The maximum Gasteiger partial charge on any atom is 0.347 e. The lowest BCUT2D eigenvalue weighted by molar-refractivity contribution is -0.138. The number of aromatic amines is 1. The summed E-state index contributed by atoms with van der Waals surface area (Å²) >= 11 is 0. The molecule has 2 N–H and O–H groups in total. The number of carbonyl (C=O) groups excluding carboxylic acids is 2.